The number of rotatable bonds is 5. The first-order chi connectivity index (χ1) is 6.27. The number of aliphatic carboxylic acids is 2. The first-order valence-corrected chi connectivity index (χ1v) is 4.22. The molecule has 0 heterocycles. The Kier molecular flexibility index (Phi) is 4.03. The van der Waals surface area contributed by atoms with Crippen LogP contribution >= 0.6 is 0 Å². The van der Waals surface area contributed by atoms with Crippen molar-refractivity contribution in [3.05, 3.63) is 0 Å². The van der Waals surface area contributed by atoms with Crippen LogP contribution in [0, 0.1) is 11.8 Å². The highest BCUT2D eigenvalue weighted by Crippen LogP contribution is 2.23. The number of carbonyl (C=O) groups is 2. The molecule has 6 heteroatoms. The van der Waals surface area contributed by atoms with Gasteiger partial charge in [0.15, 0.2) is 0 Å². The topological polar surface area (TPSA) is 127 Å². The van der Waals surface area contributed by atoms with Gasteiger partial charge in [0.05, 0.1) is 17.4 Å². The minimum atomic E-state index is -1.42. The van der Waals surface area contributed by atoms with Crippen LogP contribution in [0.3, 0.4) is 0 Å². The van der Waals surface area contributed by atoms with Crippen molar-refractivity contribution < 1.29 is 19.8 Å². The van der Waals surface area contributed by atoms with Gasteiger partial charge in [-0.2, -0.15) is 0 Å². The molecule has 2 atom stereocenters. The summed E-state index contributed by atoms with van der Waals surface area (Å²) in [5.41, 5.74) is 9.61. The molecule has 0 spiro atoms. The van der Waals surface area contributed by atoms with Crippen LogP contribution in [0.15, 0.2) is 0 Å². The molecule has 0 aliphatic carbocycles. The highest BCUT2D eigenvalue weighted by Gasteiger charge is 2.43. The van der Waals surface area contributed by atoms with Crippen molar-refractivity contribution in [2.24, 2.45) is 23.3 Å². The Morgan fingerprint density at radius 2 is 1.50 bits per heavy atom. The van der Waals surface area contributed by atoms with E-state index in [0.717, 1.165) is 0 Å². The molecule has 0 aromatic carbocycles. The Morgan fingerprint density at radius 3 is 1.64 bits per heavy atom. The van der Waals surface area contributed by atoms with Gasteiger partial charge in [-0.15, -0.1) is 0 Å². The van der Waals surface area contributed by atoms with Crippen LogP contribution in [0.4, 0.5) is 0 Å². The first kappa shape index (κ1) is 12.9. The van der Waals surface area contributed by atoms with E-state index in [4.69, 9.17) is 21.7 Å². The molecule has 0 aliphatic rings. The van der Waals surface area contributed by atoms with Gasteiger partial charge in [-0.1, -0.05) is 13.8 Å². The Labute approximate surface area is 81.9 Å². The molecule has 0 aromatic rings. The summed E-state index contributed by atoms with van der Waals surface area (Å²) >= 11 is 0. The molecule has 6 nitrogen and oxygen atoms in total. The lowest BCUT2D eigenvalue weighted by Crippen LogP contribution is -2.61. The predicted molar refractivity (Wildman–Crippen MR) is 49.6 cm³/mol. The number of nitrogens with two attached hydrogens (primary N) is 2. The van der Waals surface area contributed by atoms with Crippen molar-refractivity contribution >= 4 is 11.9 Å². The van der Waals surface area contributed by atoms with Gasteiger partial charge in [-0.25, -0.2) is 0 Å². The second-order valence-electron chi connectivity index (χ2n) is 3.44. The molecule has 0 bridgehead atoms. The molecule has 0 rings (SSSR count). The van der Waals surface area contributed by atoms with Crippen molar-refractivity contribution in [3.63, 3.8) is 0 Å². The SMILES string of the molecule is CC(C(=O)O)C(N)(CN)C(C)C(=O)O. The van der Waals surface area contributed by atoms with Gasteiger partial charge in [0.2, 0.25) is 0 Å². The molecule has 0 aromatic heterocycles. The van der Waals surface area contributed by atoms with Crippen molar-refractivity contribution in [1.29, 1.82) is 0 Å². The lowest BCUT2D eigenvalue weighted by Gasteiger charge is -2.35. The second kappa shape index (κ2) is 4.39. The zero-order valence-electron chi connectivity index (χ0n) is 8.23. The minimum absolute atomic E-state index is 0.187. The maximum Gasteiger partial charge on any atom is 0.308 e. The van der Waals surface area contributed by atoms with Crippen LogP contribution in [-0.4, -0.2) is 34.2 Å². The van der Waals surface area contributed by atoms with Crippen LogP contribution in [0.1, 0.15) is 13.8 Å². The lowest BCUT2D eigenvalue weighted by molar-refractivity contribution is -0.149. The van der Waals surface area contributed by atoms with E-state index in [9.17, 15) is 9.59 Å². The average molecular weight is 204 g/mol. The van der Waals surface area contributed by atoms with Crippen LogP contribution in [0.25, 0.3) is 0 Å². The molecule has 6 N–H and O–H groups in total. The quantitative estimate of drug-likeness (QED) is 0.459. The molecule has 2 unspecified atom stereocenters. The third-order valence-electron chi connectivity index (χ3n) is 2.71. The van der Waals surface area contributed by atoms with Crippen molar-refractivity contribution in [1.82, 2.24) is 0 Å². The normalized spacial score (nSPS) is 19.4. The summed E-state index contributed by atoms with van der Waals surface area (Å²) in [6.45, 7) is 2.53. The number of carboxylic acid groups (broad SMARTS) is 2. The zero-order valence-corrected chi connectivity index (χ0v) is 8.23. The Hall–Kier alpha value is -1.14. The van der Waals surface area contributed by atoms with Gasteiger partial charge in [0.25, 0.3) is 0 Å². The third-order valence-corrected chi connectivity index (χ3v) is 2.71. The van der Waals surface area contributed by atoms with Crippen LogP contribution in [-0.2, 0) is 9.59 Å². The molecular formula is C8H16N2O4. The Morgan fingerprint density at radius 1 is 1.21 bits per heavy atom. The number of carboxylic acids is 2. The number of hydrogen-bond donors (Lipinski definition) is 4. The van der Waals surface area contributed by atoms with Crippen LogP contribution in [0.2, 0.25) is 0 Å². The summed E-state index contributed by atoms with van der Waals surface area (Å²) in [6, 6.07) is 0. The molecule has 0 amide bonds. The van der Waals surface area contributed by atoms with E-state index in [0.29, 0.717) is 0 Å². The molecule has 82 valence electrons. The van der Waals surface area contributed by atoms with E-state index in [-0.39, 0.29) is 6.54 Å². The van der Waals surface area contributed by atoms with Crippen molar-refractivity contribution in [2.45, 2.75) is 19.4 Å². The molecule has 0 fully saturated rings. The molecule has 0 saturated carbocycles. The minimum Gasteiger partial charge on any atom is -0.481 e. The fourth-order valence-corrected chi connectivity index (χ4v) is 1.19. The zero-order chi connectivity index (χ0) is 11.5. The van der Waals surface area contributed by atoms with Crippen LogP contribution in [0.5, 0.6) is 0 Å². The molecule has 0 saturated heterocycles. The third kappa shape index (κ3) is 2.21. The lowest BCUT2D eigenvalue weighted by atomic mass is 9.76. The molecular weight excluding hydrogens is 188 g/mol. The fourth-order valence-electron chi connectivity index (χ4n) is 1.19. The Balaban J connectivity index is 4.96. The van der Waals surface area contributed by atoms with Gasteiger partial charge in [0, 0.05) is 6.54 Å². The standard InChI is InChI=1S/C8H16N2O4/c1-4(6(11)12)8(10,3-9)5(2)7(13)14/h4-5H,3,9-10H2,1-2H3,(H,11,12)(H,13,14). The second-order valence-corrected chi connectivity index (χ2v) is 3.44. The van der Waals surface area contributed by atoms with Gasteiger partial charge in [-0.3, -0.25) is 9.59 Å². The van der Waals surface area contributed by atoms with E-state index in [2.05, 4.69) is 0 Å². The summed E-state index contributed by atoms with van der Waals surface area (Å²) in [7, 11) is 0. The summed E-state index contributed by atoms with van der Waals surface area (Å²) in [5.74, 6) is -4.30. The fraction of sp³-hybridized carbons (Fsp3) is 0.750. The van der Waals surface area contributed by atoms with E-state index in [1.165, 1.54) is 13.8 Å². The van der Waals surface area contributed by atoms with Crippen molar-refractivity contribution in [3.8, 4) is 0 Å². The van der Waals surface area contributed by atoms with Gasteiger partial charge < -0.3 is 21.7 Å². The van der Waals surface area contributed by atoms with E-state index in [1.807, 2.05) is 0 Å². The molecule has 0 aliphatic heterocycles. The summed E-state index contributed by atoms with van der Waals surface area (Å²) in [4.78, 5) is 21.4. The highest BCUT2D eigenvalue weighted by molar-refractivity contribution is 5.76. The molecule has 14 heavy (non-hydrogen) atoms. The maximum atomic E-state index is 10.7. The van der Waals surface area contributed by atoms with Crippen LogP contribution < -0.4 is 11.5 Å². The van der Waals surface area contributed by atoms with E-state index >= 15 is 0 Å². The van der Waals surface area contributed by atoms with Crippen molar-refractivity contribution in [2.75, 3.05) is 6.54 Å². The molecule has 0 radical (unpaired) electrons. The summed E-state index contributed by atoms with van der Waals surface area (Å²) in [6.07, 6.45) is 0. The van der Waals surface area contributed by atoms with Gasteiger partial charge >= 0.3 is 11.9 Å². The average Bonchev–Trinajstić information content (AvgIpc) is 2.13. The Bertz CT molecular complexity index is 221. The monoisotopic (exact) mass is 204 g/mol. The van der Waals surface area contributed by atoms with Gasteiger partial charge in [0.1, 0.15) is 0 Å². The van der Waals surface area contributed by atoms with E-state index < -0.39 is 29.3 Å². The first-order valence-electron chi connectivity index (χ1n) is 4.22. The largest absolute Gasteiger partial charge is 0.481 e. The summed E-state index contributed by atoms with van der Waals surface area (Å²) < 4.78 is 0. The summed E-state index contributed by atoms with van der Waals surface area (Å²) in [5, 5.41) is 17.5. The number of hydrogen-bond acceptors (Lipinski definition) is 4. The smallest absolute Gasteiger partial charge is 0.308 e. The van der Waals surface area contributed by atoms with E-state index in [1.54, 1.807) is 0 Å². The van der Waals surface area contributed by atoms with Gasteiger partial charge in [-0.05, 0) is 0 Å². The highest BCUT2D eigenvalue weighted by atomic mass is 16.4. The maximum absolute atomic E-state index is 10.7. The predicted octanol–water partition coefficient (Wildman–Crippen LogP) is -0.916.